The van der Waals surface area contributed by atoms with E-state index in [0.717, 1.165) is 13.0 Å². The van der Waals surface area contributed by atoms with Crippen LogP contribution in [0.1, 0.15) is 33.9 Å². The van der Waals surface area contributed by atoms with E-state index in [1.165, 1.54) is 32.3 Å². The highest BCUT2D eigenvalue weighted by Gasteiger charge is 2.24. The van der Waals surface area contributed by atoms with Crippen molar-refractivity contribution < 1.29 is 0 Å². The molecule has 1 aliphatic carbocycles. The number of fused-ring (bicyclic) bond motifs is 3. The molecular weight excluding hydrogens is 240 g/mol. The van der Waals surface area contributed by atoms with Crippen molar-refractivity contribution in [3.8, 4) is 11.3 Å². The van der Waals surface area contributed by atoms with Crippen LogP contribution in [0.4, 0.5) is 0 Å². The average Bonchev–Trinajstić information content (AvgIpc) is 2.87. The summed E-state index contributed by atoms with van der Waals surface area (Å²) in [5.74, 6) is 0.499. The normalized spacial score (nSPS) is 14.4. The van der Waals surface area contributed by atoms with E-state index in [2.05, 4.69) is 37.4 Å². The molecule has 0 radical (unpaired) electrons. The summed E-state index contributed by atoms with van der Waals surface area (Å²) in [6.45, 7) is 5.38. The smallest absolute Gasteiger partial charge is 0.0976 e. The number of hydrogen-bond acceptors (Lipinski definition) is 3. The number of likely N-dealkylation sites (N-methyl/N-ethyl adjacent to an activating group) is 1. The predicted molar refractivity (Wildman–Crippen MR) is 77.4 cm³/mol. The Balaban J connectivity index is 2.00. The molecule has 18 heavy (non-hydrogen) atoms. The van der Waals surface area contributed by atoms with Gasteiger partial charge in [-0.3, -0.25) is 0 Å². The third-order valence-corrected chi connectivity index (χ3v) is 4.80. The number of nitrogens with one attached hydrogen (secondary N) is 1. The van der Waals surface area contributed by atoms with Gasteiger partial charge >= 0.3 is 0 Å². The van der Waals surface area contributed by atoms with Gasteiger partial charge in [0.1, 0.15) is 0 Å². The van der Waals surface area contributed by atoms with Crippen LogP contribution in [0.5, 0.6) is 0 Å². The lowest BCUT2D eigenvalue weighted by Crippen LogP contribution is -2.14. The Hall–Kier alpha value is -1.19. The van der Waals surface area contributed by atoms with Gasteiger partial charge in [-0.05, 0) is 25.6 Å². The lowest BCUT2D eigenvalue weighted by Gasteiger charge is -2.07. The first-order valence-electron chi connectivity index (χ1n) is 6.43. The van der Waals surface area contributed by atoms with E-state index in [0.29, 0.717) is 5.92 Å². The molecule has 2 nitrogen and oxygen atoms in total. The minimum atomic E-state index is 0.499. The second-order valence-electron chi connectivity index (χ2n) is 5.12. The molecule has 0 saturated heterocycles. The Kier molecular flexibility index (Phi) is 2.96. The van der Waals surface area contributed by atoms with Gasteiger partial charge in [-0.1, -0.05) is 24.6 Å². The molecule has 0 bridgehead atoms. The van der Waals surface area contributed by atoms with Crippen LogP contribution in [-0.4, -0.2) is 18.6 Å². The van der Waals surface area contributed by atoms with Crippen LogP contribution in [0.25, 0.3) is 11.3 Å². The van der Waals surface area contributed by atoms with Gasteiger partial charge in [0.15, 0.2) is 0 Å². The van der Waals surface area contributed by atoms with E-state index in [9.17, 15) is 0 Å². The Morgan fingerprint density at radius 2 is 2.28 bits per heavy atom. The molecule has 1 heterocycles. The highest BCUT2D eigenvalue weighted by molar-refractivity contribution is 7.12. The molecule has 3 rings (SSSR count). The van der Waals surface area contributed by atoms with Gasteiger partial charge in [0.05, 0.1) is 10.7 Å². The second-order valence-corrected chi connectivity index (χ2v) is 6.24. The van der Waals surface area contributed by atoms with Gasteiger partial charge in [0.2, 0.25) is 0 Å². The summed E-state index contributed by atoms with van der Waals surface area (Å²) in [6.07, 6.45) is 1.06. The fraction of sp³-hybridized carbons (Fsp3) is 0.400. The Morgan fingerprint density at radius 3 is 3.06 bits per heavy atom. The summed E-state index contributed by atoms with van der Waals surface area (Å²) >= 11 is 1.88. The largest absolute Gasteiger partial charge is 0.319 e. The summed E-state index contributed by atoms with van der Waals surface area (Å²) in [4.78, 5) is 6.31. The van der Waals surface area contributed by atoms with Crippen molar-refractivity contribution in [2.45, 2.75) is 26.2 Å². The molecule has 1 aliphatic rings. The molecule has 1 atom stereocenters. The SMILES string of the molecule is CNCC(C)c1nc2c(s1)Cc1ccc(C)cc1-2. The number of aryl methyl sites for hydroxylation is 1. The molecule has 0 saturated carbocycles. The minimum absolute atomic E-state index is 0.499. The van der Waals surface area contributed by atoms with Crippen LogP contribution in [0, 0.1) is 6.92 Å². The van der Waals surface area contributed by atoms with Crippen LogP contribution in [-0.2, 0) is 6.42 Å². The molecule has 0 fully saturated rings. The van der Waals surface area contributed by atoms with Gasteiger partial charge in [0.25, 0.3) is 0 Å². The number of thiazole rings is 1. The topological polar surface area (TPSA) is 24.9 Å². The standard InChI is InChI=1S/C15H18N2S/c1-9-4-5-11-7-13-14(12(11)6-9)17-15(18-13)10(2)8-16-3/h4-6,10,16H,7-8H2,1-3H3. The molecule has 1 aromatic heterocycles. The fourth-order valence-electron chi connectivity index (χ4n) is 2.54. The maximum absolute atomic E-state index is 4.87. The zero-order valence-corrected chi connectivity index (χ0v) is 11.9. The maximum Gasteiger partial charge on any atom is 0.0976 e. The molecular formula is C15H18N2S. The van der Waals surface area contributed by atoms with Crippen molar-refractivity contribution in [1.82, 2.24) is 10.3 Å². The van der Waals surface area contributed by atoms with Crippen molar-refractivity contribution in [1.29, 1.82) is 0 Å². The van der Waals surface area contributed by atoms with Gasteiger partial charge in [0, 0.05) is 29.3 Å². The fourth-order valence-corrected chi connectivity index (χ4v) is 3.70. The predicted octanol–water partition coefficient (Wildman–Crippen LogP) is 3.35. The van der Waals surface area contributed by atoms with Crippen molar-refractivity contribution in [3.05, 3.63) is 39.2 Å². The lowest BCUT2D eigenvalue weighted by atomic mass is 10.1. The number of hydrogen-bond donors (Lipinski definition) is 1. The molecule has 1 unspecified atom stereocenters. The highest BCUT2D eigenvalue weighted by Crippen LogP contribution is 2.41. The van der Waals surface area contributed by atoms with Crippen LogP contribution >= 0.6 is 11.3 Å². The lowest BCUT2D eigenvalue weighted by molar-refractivity contribution is 0.674. The number of rotatable bonds is 3. The second kappa shape index (κ2) is 4.48. The molecule has 1 N–H and O–H groups in total. The van der Waals surface area contributed by atoms with Gasteiger partial charge < -0.3 is 5.32 Å². The summed E-state index contributed by atoms with van der Waals surface area (Å²) < 4.78 is 0. The summed E-state index contributed by atoms with van der Waals surface area (Å²) in [7, 11) is 2.00. The zero-order chi connectivity index (χ0) is 12.7. The van der Waals surface area contributed by atoms with E-state index in [-0.39, 0.29) is 0 Å². The van der Waals surface area contributed by atoms with Crippen molar-refractivity contribution >= 4 is 11.3 Å². The van der Waals surface area contributed by atoms with Crippen molar-refractivity contribution in [2.75, 3.05) is 13.6 Å². The quantitative estimate of drug-likeness (QED) is 0.779. The van der Waals surface area contributed by atoms with E-state index >= 15 is 0 Å². The average molecular weight is 258 g/mol. The first-order valence-corrected chi connectivity index (χ1v) is 7.24. The third-order valence-electron chi connectivity index (χ3n) is 3.52. The molecule has 2 aromatic rings. The van der Waals surface area contributed by atoms with Crippen LogP contribution < -0.4 is 5.32 Å². The summed E-state index contributed by atoms with van der Waals surface area (Å²) in [5, 5.41) is 4.49. The van der Waals surface area contributed by atoms with E-state index < -0.39 is 0 Å². The van der Waals surface area contributed by atoms with E-state index in [1.807, 2.05) is 18.4 Å². The Morgan fingerprint density at radius 1 is 1.44 bits per heavy atom. The molecule has 0 amide bonds. The van der Waals surface area contributed by atoms with E-state index in [4.69, 9.17) is 4.98 Å². The van der Waals surface area contributed by atoms with Gasteiger partial charge in [-0.15, -0.1) is 11.3 Å². The van der Waals surface area contributed by atoms with Crippen LogP contribution in [0.3, 0.4) is 0 Å². The zero-order valence-electron chi connectivity index (χ0n) is 11.1. The van der Waals surface area contributed by atoms with E-state index in [1.54, 1.807) is 0 Å². The van der Waals surface area contributed by atoms with Crippen LogP contribution in [0.2, 0.25) is 0 Å². The molecule has 0 spiro atoms. The van der Waals surface area contributed by atoms with Crippen molar-refractivity contribution in [3.63, 3.8) is 0 Å². The molecule has 94 valence electrons. The molecule has 0 aliphatic heterocycles. The number of aromatic nitrogens is 1. The molecule has 3 heteroatoms. The van der Waals surface area contributed by atoms with Crippen LogP contribution in [0.15, 0.2) is 18.2 Å². The summed E-state index contributed by atoms with van der Waals surface area (Å²) in [5.41, 5.74) is 5.34. The first-order chi connectivity index (χ1) is 8.69. The Labute approximate surface area is 112 Å². The van der Waals surface area contributed by atoms with Gasteiger partial charge in [-0.25, -0.2) is 4.98 Å². The number of nitrogens with zero attached hydrogens (tertiary/aromatic N) is 1. The number of benzene rings is 1. The maximum atomic E-state index is 4.87. The highest BCUT2D eigenvalue weighted by atomic mass is 32.1. The molecule has 1 aromatic carbocycles. The Bertz CT molecular complexity index is 586. The first kappa shape index (κ1) is 11.9. The van der Waals surface area contributed by atoms with Crippen molar-refractivity contribution in [2.24, 2.45) is 0 Å². The van der Waals surface area contributed by atoms with Gasteiger partial charge in [-0.2, -0.15) is 0 Å². The monoisotopic (exact) mass is 258 g/mol. The minimum Gasteiger partial charge on any atom is -0.319 e. The summed E-state index contributed by atoms with van der Waals surface area (Å²) in [6, 6.07) is 6.71. The third kappa shape index (κ3) is 1.88.